The molecule has 7 heteroatoms. The molecule has 0 amide bonds. The highest BCUT2D eigenvalue weighted by molar-refractivity contribution is 7.98. The summed E-state index contributed by atoms with van der Waals surface area (Å²) in [7, 11) is 0. The molecular formula is C25H25F3N2OS. The zero-order valence-electron chi connectivity index (χ0n) is 17.8. The molecule has 0 saturated carbocycles. The first-order chi connectivity index (χ1) is 15.4. The lowest BCUT2D eigenvalue weighted by molar-refractivity contribution is -0.154. The quantitative estimate of drug-likeness (QED) is 0.381. The number of benzene rings is 2. The van der Waals surface area contributed by atoms with Crippen molar-refractivity contribution in [3.63, 3.8) is 0 Å². The van der Waals surface area contributed by atoms with E-state index in [0.29, 0.717) is 0 Å². The van der Waals surface area contributed by atoms with E-state index in [9.17, 15) is 13.2 Å². The molecule has 0 radical (unpaired) electrons. The van der Waals surface area contributed by atoms with Gasteiger partial charge in [-0.15, -0.1) is 11.8 Å². The fraction of sp³-hybridized carbons (Fsp3) is 0.320. The molecule has 168 valence electrons. The second-order valence-electron chi connectivity index (χ2n) is 7.93. The van der Waals surface area contributed by atoms with E-state index < -0.39 is 12.8 Å². The number of pyridine rings is 1. The molecule has 1 aliphatic rings. The second-order valence-corrected chi connectivity index (χ2v) is 8.98. The Morgan fingerprint density at radius 3 is 2.59 bits per heavy atom. The van der Waals surface area contributed by atoms with Gasteiger partial charge in [0.2, 0.25) is 5.88 Å². The molecule has 1 atom stereocenters. The molecule has 1 aliphatic heterocycles. The summed E-state index contributed by atoms with van der Waals surface area (Å²) in [5, 5.41) is 0. The van der Waals surface area contributed by atoms with Gasteiger partial charge in [0.1, 0.15) is 0 Å². The molecule has 4 rings (SSSR count). The fourth-order valence-electron chi connectivity index (χ4n) is 3.81. The third kappa shape index (κ3) is 6.04. The van der Waals surface area contributed by atoms with Crippen molar-refractivity contribution in [2.75, 3.05) is 13.2 Å². The van der Waals surface area contributed by atoms with Gasteiger partial charge < -0.3 is 4.74 Å². The number of aromatic nitrogens is 1. The normalized spacial score (nSPS) is 15.2. The average Bonchev–Trinajstić information content (AvgIpc) is 2.81. The molecule has 1 aromatic heterocycles. The number of nitrogens with zero attached hydrogens (tertiary/aromatic N) is 2. The van der Waals surface area contributed by atoms with Crippen molar-refractivity contribution in [2.45, 2.75) is 42.8 Å². The van der Waals surface area contributed by atoms with Gasteiger partial charge in [-0.3, -0.25) is 4.90 Å². The third-order valence-electron chi connectivity index (χ3n) is 5.64. The molecule has 0 aliphatic carbocycles. The number of ether oxygens (including phenoxy) is 1. The summed E-state index contributed by atoms with van der Waals surface area (Å²) in [6.45, 7) is 2.54. The second kappa shape index (κ2) is 9.96. The van der Waals surface area contributed by atoms with E-state index in [1.807, 2.05) is 17.8 Å². The Kier molecular flexibility index (Phi) is 7.06. The molecule has 0 N–H and O–H groups in total. The molecule has 32 heavy (non-hydrogen) atoms. The smallest absolute Gasteiger partial charge is 0.422 e. The van der Waals surface area contributed by atoms with Crippen molar-refractivity contribution in [2.24, 2.45) is 0 Å². The van der Waals surface area contributed by atoms with Crippen molar-refractivity contribution < 1.29 is 17.9 Å². The van der Waals surface area contributed by atoms with Crippen molar-refractivity contribution >= 4 is 11.8 Å². The van der Waals surface area contributed by atoms with E-state index in [2.05, 4.69) is 59.3 Å². The standard InChI is InChI=1S/C25H25F3N2OS/c1-18(21-8-10-24(29-14-21)31-17-25(26,27)28)30-12-11-20-7-9-23(13-22(20)15-30)32-16-19-5-3-2-4-6-19/h2-10,13-14,18H,11-12,15-17H2,1H3/t18-/m1/s1. The number of alkyl halides is 3. The summed E-state index contributed by atoms with van der Waals surface area (Å²) >= 11 is 1.84. The highest BCUT2D eigenvalue weighted by Crippen LogP contribution is 2.31. The van der Waals surface area contributed by atoms with Crippen LogP contribution in [0.5, 0.6) is 5.88 Å². The Labute approximate surface area is 190 Å². The van der Waals surface area contributed by atoms with Crippen LogP contribution in [0.4, 0.5) is 13.2 Å². The van der Waals surface area contributed by atoms with Crippen LogP contribution in [-0.2, 0) is 18.7 Å². The van der Waals surface area contributed by atoms with E-state index in [4.69, 9.17) is 4.74 Å². The van der Waals surface area contributed by atoms with Crippen molar-refractivity contribution in [3.8, 4) is 5.88 Å². The van der Waals surface area contributed by atoms with Crippen LogP contribution in [0.15, 0.2) is 71.8 Å². The highest BCUT2D eigenvalue weighted by Gasteiger charge is 2.29. The predicted octanol–water partition coefficient (Wildman–Crippen LogP) is 6.43. The maximum absolute atomic E-state index is 12.3. The van der Waals surface area contributed by atoms with Crippen molar-refractivity contribution in [3.05, 3.63) is 89.1 Å². The van der Waals surface area contributed by atoms with Crippen LogP contribution >= 0.6 is 11.8 Å². The van der Waals surface area contributed by atoms with E-state index in [-0.39, 0.29) is 11.9 Å². The Bertz CT molecular complexity index is 1030. The van der Waals surface area contributed by atoms with Gasteiger partial charge in [0.25, 0.3) is 0 Å². The van der Waals surface area contributed by atoms with E-state index in [0.717, 1.165) is 30.8 Å². The summed E-state index contributed by atoms with van der Waals surface area (Å²) in [6.07, 6.45) is -1.78. The van der Waals surface area contributed by atoms with E-state index >= 15 is 0 Å². The van der Waals surface area contributed by atoms with Gasteiger partial charge in [-0.25, -0.2) is 4.98 Å². The van der Waals surface area contributed by atoms with Gasteiger partial charge in [0, 0.05) is 42.0 Å². The SMILES string of the molecule is C[C@H](c1ccc(OCC(F)(F)F)nc1)N1CCc2ccc(SCc3ccccc3)cc2C1. The molecular weight excluding hydrogens is 433 g/mol. The topological polar surface area (TPSA) is 25.4 Å². The largest absolute Gasteiger partial charge is 0.468 e. The van der Waals surface area contributed by atoms with Crippen LogP contribution in [0.3, 0.4) is 0 Å². The monoisotopic (exact) mass is 458 g/mol. The van der Waals surface area contributed by atoms with Gasteiger partial charge in [-0.1, -0.05) is 42.5 Å². The number of thioether (sulfide) groups is 1. The average molecular weight is 459 g/mol. The summed E-state index contributed by atoms with van der Waals surface area (Å²) in [5.41, 5.74) is 4.98. The lowest BCUT2D eigenvalue weighted by Crippen LogP contribution is -2.33. The van der Waals surface area contributed by atoms with Crippen molar-refractivity contribution in [1.29, 1.82) is 0 Å². The number of hydrogen-bond donors (Lipinski definition) is 0. The van der Waals surface area contributed by atoms with Crippen LogP contribution in [0.1, 0.15) is 35.2 Å². The van der Waals surface area contributed by atoms with Gasteiger partial charge in [0.15, 0.2) is 6.61 Å². The third-order valence-corrected chi connectivity index (χ3v) is 6.71. The number of halogens is 3. The minimum atomic E-state index is -4.37. The van der Waals surface area contributed by atoms with Crippen LogP contribution in [0, 0.1) is 0 Å². The maximum Gasteiger partial charge on any atom is 0.422 e. The first kappa shape index (κ1) is 22.7. The van der Waals surface area contributed by atoms with Gasteiger partial charge in [-0.05, 0) is 47.7 Å². The molecule has 0 bridgehead atoms. The predicted molar refractivity (Wildman–Crippen MR) is 121 cm³/mol. The number of fused-ring (bicyclic) bond motifs is 1. The Balaban J connectivity index is 1.38. The van der Waals surface area contributed by atoms with Crippen LogP contribution < -0.4 is 4.74 Å². The molecule has 0 saturated heterocycles. The maximum atomic E-state index is 12.3. The lowest BCUT2D eigenvalue weighted by Gasteiger charge is -2.34. The minimum Gasteiger partial charge on any atom is -0.468 e. The summed E-state index contributed by atoms with van der Waals surface area (Å²) in [6, 6.07) is 20.6. The number of hydrogen-bond acceptors (Lipinski definition) is 4. The zero-order chi connectivity index (χ0) is 22.6. The molecule has 2 heterocycles. The highest BCUT2D eigenvalue weighted by atomic mass is 32.2. The zero-order valence-corrected chi connectivity index (χ0v) is 18.6. The summed E-state index contributed by atoms with van der Waals surface area (Å²) in [5.74, 6) is 0.927. The number of rotatable bonds is 7. The molecule has 3 nitrogen and oxygen atoms in total. The van der Waals surface area contributed by atoms with Crippen LogP contribution in [0.2, 0.25) is 0 Å². The summed E-state index contributed by atoms with van der Waals surface area (Å²) < 4.78 is 41.7. The van der Waals surface area contributed by atoms with Crippen LogP contribution in [-0.4, -0.2) is 29.2 Å². The van der Waals surface area contributed by atoms with E-state index in [1.54, 1.807) is 12.3 Å². The Morgan fingerprint density at radius 2 is 1.88 bits per heavy atom. The Morgan fingerprint density at radius 1 is 1.06 bits per heavy atom. The van der Waals surface area contributed by atoms with Crippen LogP contribution in [0.25, 0.3) is 0 Å². The van der Waals surface area contributed by atoms with Gasteiger partial charge >= 0.3 is 6.18 Å². The molecule has 3 aromatic rings. The summed E-state index contributed by atoms with van der Waals surface area (Å²) in [4.78, 5) is 7.69. The first-order valence-electron chi connectivity index (χ1n) is 10.6. The Hall–Kier alpha value is -2.51. The minimum absolute atomic E-state index is 0.0117. The molecule has 0 unspecified atom stereocenters. The van der Waals surface area contributed by atoms with Crippen molar-refractivity contribution in [1.82, 2.24) is 9.88 Å². The van der Waals surface area contributed by atoms with Gasteiger partial charge in [-0.2, -0.15) is 13.2 Å². The van der Waals surface area contributed by atoms with Gasteiger partial charge in [0.05, 0.1) is 0 Å². The molecule has 2 aromatic carbocycles. The lowest BCUT2D eigenvalue weighted by atomic mass is 9.97. The molecule has 0 spiro atoms. The first-order valence-corrected chi connectivity index (χ1v) is 11.5. The fourth-order valence-corrected chi connectivity index (χ4v) is 4.72. The van der Waals surface area contributed by atoms with E-state index in [1.165, 1.54) is 27.7 Å². The molecule has 0 fully saturated rings.